The van der Waals surface area contributed by atoms with E-state index in [9.17, 15) is 9.59 Å². The molecule has 1 amide bonds. The van der Waals surface area contributed by atoms with Crippen LogP contribution in [0.1, 0.15) is 29.8 Å². The molecule has 0 spiro atoms. The second-order valence-electron chi connectivity index (χ2n) is 5.81. The van der Waals surface area contributed by atoms with Crippen LogP contribution < -0.4 is 0 Å². The fourth-order valence-electron chi connectivity index (χ4n) is 2.78. The molecule has 9 heteroatoms. The first-order valence-corrected chi connectivity index (χ1v) is 10.0. The van der Waals surface area contributed by atoms with Gasteiger partial charge in [0, 0.05) is 35.9 Å². The van der Waals surface area contributed by atoms with Crippen LogP contribution in [0, 0.1) is 13.8 Å². The fourth-order valence-corrected chi connectivity index (χ4v) is 4.83. The molecule has 1 N–H and O–H groups in total. The number of carboxylic acids is 1. The first-order chi connectivity index (χ1) is 12.4. The molecular formula is C17H17N3O3S3. The quantitative estimate of drug-likeness (QED) is 0.582. The van der Waals surface area contributed by atoms with Crippen molar-refractivity contribution in [2.24, 2.45) is 0 Å². The lowest BCUT2D eigenvalue weighted by Crippen LogP contribution is -2.29. The summed E-state index contributed by atoms with van der Waals surface area (Å²) >= 11 is 8.10. The van der Waals surface area contributed by atoms with Gasteiger partial charge < -0.3 is 5.11 Å². The molecule has 1 aliphatic rings. The van der Waals surface area contributed by atoms with Gasteiger partial charge in [-0.25, -0.2) is 4.98 Å². The summed E-state index contributed by atoms with van der Waals surface area (Å²) in [6, 6.07) is 2.02. The zero-order chi connectivity index (χ0) is 18.8. The Morgan fingerprint density at radius 3 is 2.85 bits per heavy atom. The predicted molar refractivity (Wildman–Crippen MR) is 108 cm³/mol. The van der Waals surface area contributed by atoms with Gasteiger partial charge >= 0.3 is 5.97 Å². The molecule has 3 rings (SSSR count). The lowest BCUT2D eigenvalue weighted by Gasteiger charge is -2.13. The summed E-state index contributed by atoms with van der Waals surface area (Å²) in [6.07, 6.45) is 4.02. The maximum absolute atomic E-state index is 12.6. The summed E-state index contributed by atoms with van der Waals surface area (Å²) in [6.45, 7) is 4.32. The van der Waals surface area contributed by atoms with E-state index >= 15 is 0 Å². The molecule has 2 aromatic heterocycles. The van der Waals surface area contributed by atoms with Crippen molar-refractivity contribution in [3.8, 4) is 5.13 Å². The minimum Gasteiger partial charge on any atom is -0.481 e. The molecular weight excluding hydrogens is 390 g/mol. The number of nitrogens with zero attached hydrogens (tertiary/aromatic N) is 3. The van der Waals surface area contributed by atoms with Gasteiger partial charge in [0.15, 0.2) is 5.13 Å². The first kappa shape index (κ1) is 18.8. The molecule has 3 heterocycles. The molecule has 2 aromatic rings. The van der Waals surface area contributed by atoms with Crippen LogP contribution in [0.2, 0.25) is 0 Å². The summed E-state index contributed by atoms with van der Waals surface area (Å²) in [5.74, 6) is -1.04. The molecule has 0 atom stereocenters. The number of hydrogen-bond acceptors (Lipinski definition) is 6. The van der Waals surface area contributed by atoms with Crippen molar-refractivity contribution < 1.29 is 14.7 Å². The normalized spacial score (nSPS) is 16.1. The molecule has 1 fully saturated rings. The first-order valence-electron chi connectivity index (χ1n) is 7.94. The largest absolute Gasteiger partial charge is 0.481 e. The van der Waals surface area contributed by atoms with Crippen molar-refractivity contribution in [3.63, 3.8) is 0 Å². The molecule has 0 aromatic carbocycles. The van der Waals surface area contributed by atoms with E-state index in [4.69, 9.17) is 17.3 Å². The average molecular weight is 408 g/mol. The second-order valence-corrected chi connectivity index (χ2v) is 8.36. The number of thiazole rings is 1. The van der Waals surface area contributed by atoms with Gasteiger partial charge in [-0.2, -0.15) is 0 Å². The van der Waals surface area contributed by atoms with Crippen molar-refractivity contribution in [1.82, 2.24) is 14.5 Å². The van der Waals surface area contributed by atoms with E-state index in [2.05, 4.69) is 9.55 Å². The van der Waals surface area contributed by atoms with E-state index in [0.717, 1.165) is 22.1 Å². The Labute approximate surface area is 164 Å². The molecule has 1 aliphatic heterocycles. The molecule has 1 saturated heterocycles. The number of aliphatic carboxylic acids is 1. The number of rotatable bonds is 6. The van der Waals surface area contributed by atoms with Crippen LogP contribution in [-0.4, -0.2) is 42.3 Å². The highest BCUT2D eigenvalue weighted by atomic mass is 32.2. The Morgan fingerprint density at radius 2 is 2.19 bits per heavy atom. The summed E-state index contributed by atoms with van der Waals surface area (Å²) in [4.78, 5) is 29.7. The standard InChI is InChI=1S/C17H17N3O3S3/c1-10-8-12(11(2)20(10)16-18-5-7-25-16)9-13-15(23)19(17(24)26-13)6-3-4-14(21)22/h5,7-9H,3-4,6H2,1-2H3,(H,21,22)/b13-9-. The van der Waals surface area contributed by atoms with Gasteiger partial charge in [-0.15, -0.1) is 11.3 Å². The van der Waals surface area contributed by atoms with E-state index in [-0.39, 0.29) is 12.3 Å². The highest BCUT2D eigenvalue weighted by Gasteiger charge is 2.32. The Morgan fingerprint density at radius 1 is 1.42 bits per heavy atom. The van der Waals surface area contributed by atoms with E-state index in [1.54, 1.807) is 17.5 Å². The topological polar surface area (TPSA) is 75.4 Å². The van der Waals surface area contributed by atoms with Crippen LogP contribution in [0.15, 0.2) is 22.5 Å². The Bertz CT molecular complexity index is 900. The van der Waals surface area contributed by atoms with Crippen molar-refractivity contribution in [1.29, 1.82) is 0 Å². The minimum atomic E-state index is -0.874. The van der Waals surface area contributed by atoms with Crippen molar-refractivity contribution in [3.05, 3.63) is 39.5 Å². The van der Waals surface area contributed by atoms with E-state index in [0.29, 0.717) is 22.2 Å². The third kappa shape index (κ3) is 3.74. The Balaban J connectivity index is 1.83. The number of carbonyl (C=O) groups excluding carboxylic acids is 1. The van der Waals surface area contributed by atoms with Gasteiger partial charge in [0.2, 0.25) is 0 Å². The maximum Gasteiger partial charge on any atom is 0.303 e. The van der Waals surface area contributed by atoms with Gasteiger partial charge in [0.05, 0.1) is 4.91 Å². The lowest BCUT2D eigenvalue weighted by molar-refractivity contribution is -0.137. The van der Waals surface area contributed by atoms with Crippen molar-refractivity contribution in [2.45, 2.75) is 26.7 Å². The van der Waals surface area contributed by atoms with Crippen molar-refractivity contribution >= 4 is 57.6 Å². The van der Waals surface area contributed by atoms with Crippen LogP contribution in [0.5, 0.6) is 0 Å². The molecule has 0 aliphatic carbocycles. The van der Waals surface area contributed by atoms with E-state index in [1.807, 2.05) is 31.4 Å². The zero-order valence-electron chi connectivity index (χ0n) is 14.3. The summed E-state index contributed by atoms with van der Waals surface area (Å²) in [5, 5.41) is 11.6. The predicted octanol–water partition coefficient (Wildman–Crippen LogP) is 3.62. The monoisotopic (exact) mass is 407 g/mol. The number of aryl methyl sites for hydroxylation is 1. The molecule has 6 nitrogen and oxygen atoms in total. The SMILES string of the molecule is Cc1cc(/C=C2\SC(=S)N(CCCC(=O)O)C2=O)c(C)n1-c1nccs1. The average Bonchev–Trinajstić information content (AvgIpc) is 3.24. The molecule has 26 heavy (non-hydrogen) atoms. The number of amides is 1. The van der Waals surface area contributed by atoms with Crippen LogP contribution >= 0.6 is 35.3 Å². The number of thiocarbonyl (C=S) groups is 1. The number of carboxylic acid groups (broad SMARTS) is 1. The molecule has 0 bridgehead atoms. The molecule has 136 valence electrons. The fraction of sp³-hybridized carbons (Fsp3) is 0.294. The number of aromatic nitrogens is 2. The molecule has 0 radical (unpaired) electrons. The lowest BCUT2D eigenvalue weighted by atomic mass is 10.2. The van der Waals surface area contributed by atoms with Gasteiger partial charge in [-0.1, -0.05) is 24.0 Å². The summed E-state index contributed by atoms with van der Waals surface area (Å²) in [5.41, 5.74) is 3.00. The maximum atomic E-state index is 12.6. The summed E-state index contributed by atoms with van der Waals surface area (Å²) in [7, 11) is 0. The van der Waals surface area contributed by atoms with Crippen LogP contribution in [-0.2, 0) is 9.59 Å². The molecule has 0 unspecified atom stereocenters. The third-order valence-corrected chi connectivity index (χ3v) is 6.15. The van der Waals surface area contributed by atoms with E-state index < -0.39 is 5.97 Å². The van der Waals surface area contributed by atoms with Crippen LogP contribution in [0.3, 0.4) is 0 Å². The van der Waals surface area contributed by atoms with Gasteiger partial charge in [-0.05, 0) is 38.0 Å². The number of carbonyl (C=O) groups is 2. The summed E-state index contributed by atoms with van der Waals surface area (Å²) < 4.78 is 2.53. The van der Waals surface area contributed by atoms with Crippen LogP contribution in [0.4, 0.5) is 0 Å². The Kier molecular flexibility index (Phi) is 5.59. The second kappa shape index (κ2) is 7.73. The van der Waals surface area contributed by atoms with Gasteiger partial charge in [-0.3, -0.25) is 19.1 Å². The number of thioether (sulfide) groups is 1. The van der Waals surface area contributed by atoms with Gasteiger partial charge in [0.25, 0.3) is 5.91 Å². The van der Waals surface area contributed by atoms with Gasteiger partial charge in [0.1, 0.15) is 4.32 Å². The highest BCUT2D eigenvalue weighted by molar-refractivity contribution is 8.26. The highest BCUT2D eigenvalue weighted by Crippen LogP contribution is 2.34. The van der Waals surface area contributed by atoms with Crippen LogP contribution in [0.25, 0.3) is 11.2 Å². The zero-order valence-corrected chi connectivity index (χ0v) is 16.7. The molecule has 0 saturated carbocycles. The Hall–Kier alpha value is -1.97. The van der Waals surface area contributed by atoms with Crippen molar-refractivity contribution in [2.75, 3.05) is 6.54 Å². The third-order valence-electron chi connectivity index (χ3n) is 4.01. The van der Waals surface area contributed by atoms with E-state index in [1.165, 1.54) is 16.7 Å². The smallest absolute Gasteiger partial charge is 0.303 e. The minimum absolute atomic E-state index is 0.0189. The number of hydrogen-bond donors (Lipinski definition) is 1.